The molecule has 2 nitrogen and oxygen atoms in total. The van der Waals surface area contributed by atoms with Crippen LogP contribution in [0.5, 0.6) is 0 Å². The van der Waals surface area contributed by atoms with Gasteiger partial charge < -0.3 is 0 Å². The molecule has 11 heavy (non-hydrogen) atoms. The second-order valence-electron chi connectivity index (χ2n) is 1.85. The van der Waals surface area contributed by atoms with Crippen molar-refractivity contribution in [2.24, 2.45) is 0 Å². The van der Waals surface area contributed by atoms with Gasteiger partial charge in [0.1, 0.15) is 27.5 Å². The molecule has 0 aromatic carbocycles. The molecule has 0 saturated carbocycles. The summed E-state index contributed by atoms with van der Waals surface area (Å²) >= 11 is 0. The van der Waals surface area contributed by atoms with E-state index in [1.165, 1.54) is 0 Å². The van der Waals surface area contributed by atoms with Gasteiger partial charge >= 0.3 is 6.67 Å². The van der Waals surface area contributed by atoms with Crippen LogP contribution in [0.3, 0.4) is 0 Å². The first-order chi connectivity index (χ1) is 5.13. The first kappa shape index (κ1) is 16.7. The van der Waals surface area contributed by atoms with Gasteiger partial charge in [-0.25, -0.2) is 0 Å². The molecule has 0 aromatic heterocycles. The van der Waals surface area contributed by atoms with Crippen molar-refractivity contribution in [3.63, 3.8) is 0 Å². The van der Waals surface area contributed by atoms with E-state index >= 15 is 0 Å². The highest BCUT2D eigenvalue weighted by Gasteiger charge is 1.92. The average molecular weight is 160 g/mol. The topological polar surface area (TPSA) is 6.02 Å². The van der Waals surface area contributed by atoms with Crippen LogP contribution in [-0.4, -0.2) is 43.4 Å². The summed E-state index contributed by atoms with van der Waals surface area (Å²) in [7, 11) is 3.81. The Morgan fingerprint density at radius 1 is 0.818 bits per heavy atom. The third-order valence-electron chi connectivity index (χ3n) is 0.483. The maximum atomic E-state index is 3.63. The molecule has 0 fully saturated rings. The Labute approximate surface area is 71.9 Å². The van der Waals surface area contributed by atoms with Gasteiger partial charge in [0.2, 0.25) is 0 Å². The molecule has 0 radical (unpaired) electrons. The SMILES string of the molecule is C=[N+](C)C[N+](=C)C.CC.CC. The van der Waals surface area contributed by atoms with E-state index < -0.39 is 0 Å². The molecule has 0 spiro atoms. The summed E-state index contributed by atoms with van der Waals surface area (Å²) in [5, 5.41) is 0. The van der Waals surface area contributed by atoms with Crippen LogP contribution < -0.4 is 0 Å². The van der Waals surface area contributed by atoms with Crippen molar-refractivity contribution in [2.75, 3.05) is 20.8 Å². The molecule has 0 bridgehead atoms. The van der Waals surface area contributed by atoms with E-state index in [0.717, 1.165) is 6.67 Å². The second-order valence-corrected chi connectivity index (χ2v) is 1.85. The third-order valence-corrected chi connectivity index (χ3v) is 0.483. The van der Waals surface area contributed by atoms with Crippen LogP contribution in [-0.2, 0) is 0 Å². The average Bonchev–Trinajstić information content (AvgIpc) is 1.93. The Morgan fingerprint density at radius 2 is 1.00 bits per heavy atom. The van der Waals surface area contributed by atoms with Crippen LogP contribution in [0, 0.1) is 0 Å². The van der Waals surface area contributed by atoms with E-state index in [9.17, 15) is 0 Å². The van der Waals surface area contributed by atoms with Gasteiger partial charge in [-0.15, -0.1) is 0 Å². The molecule has 2 heteroatoms. The normalized spacial score (nSPS) is 6.36. The van der Waals surface area contributed by atoms with Crippen molar-refractivity contribution in [3.05, 3.63) is 0 Å². The van der Waals surface area contributed by atoms with E-state index in [1.807, 2.05) is 50.9 Å². The van der Waals surface area contributed by atoms with Crippen LogP contribution in [0.1, 0.15) is 27.7 Å². The Morgan fingerprint density at radius 3 is 1.00 bits per heavy atom. The lowest BCUT2D eigenvalue weighted by atomic mass is 10.9. The van der Waals surface area contributed by atoms with Gasteiger partial charge in [-0.2, -0.15) is 9.15 Å². The molecule has 0 rings (SSSR count). The highest BCUT2D eigenvalue weighted by atomic mass is 15.1. The van der Waals surface area contributed by atoms with Gasteiger partial charge in [-0.1, -0.05) is 27.7 Å². The zero-order chi connectivity index (χ0) is 9.86. The molecule has 0 amide bonds. The van der Waals surface area contributed by atoms with Crippen LogP contribution in [0.25, 0.3) is 0 Å². The molecular weight excluding hydrogens is 136 g/mol. The molecule has 0 N–H and O–H groups in total. The molecule has 0 atom stereocenters. The monoisotopic (exact) mass is 160 g/mol. The zero-order valence-electron chi connectivity index (χ0n) is 9.02. The summed E-state index contributed by atoms with van der Waals surface area (Å²) in [6, 6.07) is 0. The van der Waals surface area contributed by atoms with E-state index in [2.05, 4.69) is 13.4 Å². The van der Waals surface area contributed by atoms with Crippen LogP contribution in [0.15, 0.2) is 0 Å². The number of hydrogen-bond acceptors (Lipinski definition) is 0. The summed E-state index contributed by atoms with van der Waals surface area (Å²) < 4.78 is 3.62. The predicted molar refractivity (Wildman–Crippen MR) is 54.2 cm³/mol. The van der Waals surface area contributed by atoms with Crippen molar-refractivity contribution >= 4 is 13.4 Å². The van der Waals surface area contributed by atoms with Crippen molar-refractivity contribution < 1.29 is 9.15 Å². The molecule has 0 aliphatic carbocycles. The molecule has 0 saturated heterocycles. The minimum Gasteiger partial charge on any atom is -0.188 e. The van der Waals surface area contributed by atoms with Crippen LogP contribution >= 0.6 is 0 Å². The minimum absolute atomic E-state index is 0.806. The summed E-state index contributed by atoms with van der Waals surface area (Å²) in [5.41, 5.74) is 0. The van der Waals surface area contributed by atoms with E-state index in [4.69, 9.17) is 0 Å². The summed E-state index contributed by atoms with van der Waals surface area (Å²) in [6.07, 6.45) is 0. The lowest BCUT2D eigenvalue weighted by molar-refractivity contribution is -0.696. The summed E-state index contributed by atoms with van der Waals surface area (Å²) in [6.45, 7) is 16.1. The quantitative estimate of drug-likeness (QED) is 0.329. The van der Waals surface area contributed by atoms with Crippen molar-refractivity contribution in [1.29, 1.82) is 0 Å². The third kappa shape index (κ3) is 45.1. The highest BCUT2D eigenvalue weighted by molar-refractivity contribution is 5.15. The maximum absolute atomic E-state index is 3.63. The first-order valence-corrected chi connectivity index (χ1v) is 4.16. The lowest BCUT2D eigenvalue weighted by Gasteiger charge is -1.85. The highest BCUT2D eigenvalue weighted by Crippen LogP contribution is 1.60. The number of nitrogens with zero attached hydrogens (tertiary/aromatic N) is 2. The fraction of sp³-hybridized carbons (Fsp3) is 0.778. The van der Waals surface area contributed by atoms with E-state index in [-0.39, 0.29) is 0 Å². The molecule has 0 aliphatic heterocycles. The number of rotatable bonds is 2. The molecular formula is C9H24N2+2. The number of hydrogen-bond donors (Lipinski definition) is 0. The molecule has 0 unspecified atom stereocenters. The van der Waals surface area contributed by atoms with Gasteiger partial charge in [0, 0.05) is 0 Å². The van der Waals surface area contributed by atoms with Crippen molar-refractivity contribution in [1.82, 2.24) is 0 Å². The molecule has 68 valence electrons. The molecule has 0 heterocycles. The maximum Gasteiger partial charge on any atom is 0.332 e. The second kappa shape index (κ2) is 16.2. The van der Waals surface area contributed by atoms with Crippen molar-refractivity contribution in [2.45, 2.75) is 27.7 Å². The van der Waals surface area contributed by atoms with E-state index in [1.54, 1.807) is 0 Å². The van der Waals surface area contributed by atoms with Crippen molar-refractivity contribution in [3.8, 4) is 0 Å². The first-order valence-electron chi connectivity index (χ1n) is 4.16. The Balaban J connectivity index is -0.000000138. The Hall–Kier alpha value is -0.660. The zero-order valence-corrected chi connectivity index (χ0v) is 9.02. The Bertz CT molecular complexity index is 83.7. The van der Waals surface area contributed by atoms with Crippen LogP contribution in [0.4, 0.5) is 0 Å². The molecule has 0 aromatic rings. The Kier molecular flexibility index (Phi) is 24.6. The van der Waals surface area contributed by atoms with Gasteiger partial charge in [-0.05, 0) is 0 Å². The summed E-state index contributed by atoms with van der Waals surface area (Å²) in [5.74, 6) is 0. The standard InChI is InChI=1S/C5H12N2.2C2H6/c1-6(2)5-7(3)4;2*1-2/h1,3,5H2,2,4H3;2*1-2H3/q+2;;. The van der Waals surface area contributed by atoms with Gasteiger partial charge in [0.05, 0.1) is 0 Å². The smallest absolute Gasteiger partial charge is 0.188 e. The van der Waals surface area contributed by atoms with Gasteiger partial charge in [0.15, 0.2) is 0 Å². The predicted octanol–water partition coefficient (Wildman–Crippen LogP) is 1.68. The molecule has 0 aliphatic rings. The minimum atomic E-state index is 0.806. The largest absolute Gasteiger partial charge is 0.332 e. The van der Waals surface area contributed by atoms with E-state index in [0.29, 0.717) is 0 Å². The summed E-state index contributed by atoms with van der Waals surface area (Å²) in [4.78, 5) is 0. The fourth-order valence-corrected chi connectivity index (χ4v) is 0.412. The van der Waals surface area contributed by atoms with Crippen LogP contribution in [0.2, 0.25) is 0 Å². The lowest BCUT2D eigenvalue weighted by Crippen LogP contribution is -2.15. The fourth-order valence-electron chi connectivity index (χ4n) is 0.412. The van der Waals surface area contributed by atoms with Gasteiger partial charge in [0.25, 0.3) is 0 Å². The van der Waals surface area contributed by atoms with Gasteiger partial charge in [-0.3, -0.25) is 0 Å².